The number of likely N-dealkylation sites (tertiary alicyclic amines) is 1. The molecule has 1 amide bonds. The van der Waals surface area contributed by atoms with E-state index in [1.54, 1.807) is 0 Å². The minimum absolute atomic E-state index is 0.0672. The van der Waals surface area contributed by atoms with Crippen molar-refractivity contribution < 1.29 is 4.79 Å². The lowest BCUT2D eigenvalue weighted by Gasteiger charge is -2.29. The molecular weight excluding hydrogens is 236 g/mol. The first-order valence-electron chi connectivity index (χ1n) is 7.27. The summed E-state index contributed by atoms with van der Waals surface area (Å²) in [4.78, 5) is 14.4. The molecule has 1 heterocycles. The second-order valence-corrected chi connectivity index (χ2v) is 5.50. The number of rotatable bonds is 4. The number of nitrogens with one attached hydrogen (secondary N) is 1. The summed E-state index contributed by atoms with van der Waals surface area (Å²) in [5, 5.41) is 3.14. The van der Waals surface area contributed by atoms with Gasteiger partial charge in [-0.2, -0.15) is 0 Å². The van der Waals surface area contributed by atoms with Crippen LogP contribution in [0.3, 0.4) is 0 Å². The van der Waals surface area contributed by atoms with E-state index in [4.69, 9.17) is 0 Å². The highest BCUT2D eigenvalue weighted by atomic mass is 16.1. The van der Waals surface area contributed by atoms with Gasteiger partial charge in [0, 0.05) is 11.6 Å². The third kappa shape index (κ3) is 4.06. The first-order valence-corrected chi connectivity index (χ1v) is 7.27. The summed E-state index contributed by atoms with van der Waals surface area (Å²) in [7, 11) is 2.13. The molecule has 3 heteroatoms. The van der Waals surface area contributed by atoms with Crippen molar-refractivity contribution in [2.24, 2.45) is 0 Å². The van der Waals surface area contributed by atoms with Crippen LogP contribution in [0.15, 0.2) is 24.3 Å². The molecule has 1 aromatic rings. The largest absolute Gasteiger partial charge is 0.349 e. The number of carbonyl (C=O) groups is 1. The van der Waals surface area contributed by atoms with E-state index in [-0.39, 0.29) is 5.91 Å². The first-order chi connectivity index (χ1) is 9.19. The molecule has 1 aliphatic rings. The predicted molar refractivity (Wildman–Crippen MR) is 78.4 cm³/mol. The number of aryl methyl sites for hydroxylation is 1. The SMILES string of the molecule is CCCc1ccc(C(=O)NC2CCN(C)CC2)cc1. The molecule has 104 valence electrons. The van der Waals surface area contributed by atoms with Crippen LogP contribution in [-0.2, 0) is 6.42 Å². The van der Waals surface area contributed by atoms with E-state index in [0.717, 1.165) is 44.3 Å². The normalized spacial score (nSPS) is 17.4. The zero-order chi connectivity index (χ0) is 13.7. The molecule has 0 aliphatic carbocycles. The molecule has 1 N–H and O–H groups in total. The van der Waals surface area contributed by atoms with Crippen LogP contribution >= 0.6 is 0 Å². The molecule has 2 rings (SSSR count). The molecule has 0 bridgehead atoms. The Morgan fingerprint density at radius 1 is 1.26 bits per heavy atom. The quantitative estimate of drug-likeness (QED) is 0.902. The molecule has 0 saturated carbocycles. The number of hydrogen-bond acceptors (Lipinski definition) is 2. The summed E-state index contributed by atoms with van der Waals surface area (Å²) in [6.07, 6.45) is 4.32. The van der Waals surface area contributed by atoms with E-state index in [1.807, 2.05) is 12.1 Å². The smallest absolute Gasteiger partial charge is 0.251 e. The molecule has 3 nitrogen and oxygen atoms in total. The molecular formula is C16H24N2O. The molecule has 1 fully saturated rings. The molecule has 0 unspecified atom stereocenters. The maximum absolute atomic E-state index is 12.1. The van der Waals surface area contributed by atoms with Crippen LogP contribution in [0.25, 0.3) is 0 Å². The maximum atomic E-state index is 12.1. The van der Waals surface area contributed by atoms with Gasteiger partial charge in [0.2, 0.25) is 0 Å². The summed E-state index contributed by atoms with van der Waals surface area (Å²) in [6, 6.07) is 8.34. The topological polar surface area (TPSA) is 32.3 Å². The van der Waals surface area contributed by atoms with Crippen molar-refractivity contribution in [1.29, 1.82) is 0 Å². The third-order valence-electron chi connectivity index (χ3n) is 3.81. The summed E-state index contributed by atoms with van der Waals surface area (Å²) < 4.78 is 0. The van der Waals surface area contributed by atoms with Crippen LogP contribution in [0.4, 0.5) is 0 Å². The molecule has 1 aromatic carbocycles. The summed E-state index contributed by atoms with van der Waals surface area (Å²) >= 11 is 0. The van der Waals surface area contributed by atoms with Gasteiger partial charge in [0.25, 0.3) is 5.91 Å². The number of piperidine rings is 1. The van der Waals surface area contributed by atoms with Gasteiger partial charge in [-0.3, -0.25) is 4.79 Å². The number of amides is 1. The van der Waals surface area contributed by atoms with Crippen molar-refractivity contribution in [3.05, 3.63) is 35.4 Å². The van der Waals surface area contributed by atoms with E-state index >= 15 is 0 Å². The van der Waals surface area contributed by atoms with Gasteiger partial charge >= 0.3 is 0 Å². The van der Waals surface area contributed by atoms with E-state index < -0.39 is 0 Å². The number of carbonyl (C=O) groups excluding carboxylic acids is 1. The number of benzene rings is 1. The summed E-state index contributed by atoms with van der Waals surface area (Å²) in [5.74, 6) is 0.0672. The van der Waals surface area contributed by atoms with Gasteiger partial charge in [0.1, 0.15) is 0 Å². The van der Waals surface area contributed by atoms with Gasteiger partial charge in [-0.05, 0) is 57.1 Å². The number of nitrogens with zero attached hydrogens (tertiary/aromatic N) is 1. The van der Waals surface area contributed by atoms with Gasteiger partial charge in [0.15, 0.2) is 0 Å². The Kier molecular flexibility index (Phi) is 4.97. The molecule has 0 aromatic heterocycles. The van der Waals surface area contributed by atoms with Crippen molar-refractivity contribution >= 4 is 5.91 Å². The van der Waals surface area contributed by atoms with E-state index in [1.165, 1.54) is 5.56 Å². The second-order valence-electron chi connectivity index (χ2n) is 5.50. The Bertz CT molecular complexity index is 405. The molecule has 0 radical (unpaired) electrons. The van der Waals surface area contributed by atoms with Crippen LogP contribution in [0.1, 0.15) is 42.1 Å². The third-order valence-corrected chi connectivity index (χ3v) is 3.81. The van der Waals surface area contributed by atoms with Crippen LogP contribution < -0.4 is 5.32 Å². The van der Waals surface area contributed by atoms with Crippen molar-refractivity contribution in [3.8, 4) is 0 Å². The minimum Gasteiger partial charge on any atom is -0.349 e. The highest BCUT2D eigenvalue weighted by Crippen LogP contribution is 2.11. The fourth-order valence-corrected chi connectivity index (χ4v) is 2.53. The summed E-state index contributed by atoms with van der Waals surface area (Å²) in [5.41, 5.74) is 2.08. The molecule has 0 atom stereocenters. The van der Waals surface area contributed by atoms with Crippen LogP contribution in [0.5, 0.6) is 0 Å². The fourth-order valence-electron chi connectivity index (χ4n) is 2.53. The first kappa shape index (κ1) is 14.1. The van der Waals surface area contributed by atoms with Crippen LogP contribution in [0.2, 0.25) is 0 Å². The van der Waals surface area contributed by atoms with Crippen molar-refractivity contribution in [3.63, 3.8) is 0 Å². The Morgan fingerprint density at radius 3 is 2.47 bits per heavy atom. The van der Waals surface area contributed by atoms with Gasteiger partial charge in [0.05, 0.1) is 0 Å². The average molecular weight is 260 g/mol. The molecule has 1 aliphatic heterocycles. The van der Waals surface area contributed by atoms with Crippen LogP contribution in [0, 0.1) is 0 Å². The predicted octanol–water partition coefficient (Wildman–Crippen LogP) is 2.46. The van der Waals surface area contributed by atoms with Gasteiger partial charge in [-0.25, -0.2) is 0 Å². The Labute approximate surface area is 116 Å². The monoisotopic (exact) mass is 260 g/mol. The van der Waals surface area contributed by atoms with Gasteiger partial charge in [-0.15, -0.1) is 0 Å². The zero-order valence-corrected chi connectivity index (χ0v) is 12.0. The zero-order valence-electron chi connectivity index (χ0n) is 12.0. The van der Waals surface area contributed by atoms with E-state index in [0.29, 0.717) is 6.04 Å². The van der Waals surface area contributed by atoms with E-state index in [9.17, 15) is 4.79 Å². The van der Waals surface area contributed by atoms with Gasteiger partial charge in [-0.1, -0.05) is 25.5 Å². The lowest BCUT2D eigenvalue weighted by molar-refractivity contribution is 0.0917. The number of hydrogen-bond donors (Lipinski definition) is 1. The molecule has 0 spiro atoms. The van der Waals surface area contributed by atoms with E-state index in [2.05, 4.69) is 36.3 Å². The Balaban J connectivity index is 1.88. The lowest BCUT2D eigenvalue weighted by Crippen LogP contribution is -2.43. The fraction of sp³-hybridized carbons (Fsp3) is 0.562. The van der Waals surface area contributed by atoms with Crippen molar-refractivity contribution in [2.75, 3.05) is 20.1 Å². The maximum Gasteiger partial charge on any atom is 0.251 e. The molecule has 1 saturated heterocycles. The van der Waals surface area contributed by atoms with Crippen LogP contribution in [-0.4, -0.2) is 37.0 Å². The van der Waals surface area contributed by atoms with Crippen molar-refractivity contribution in [1.82, 2.24) is 10.2 Å². The average Bonchev–Trinajstić information content (AvgIpc) is 2.42. The Morgan fingerprint density at radius 2 is 1.89 bits per heavy atom. The Hall–Kier alpha value is -1.35. The van der Waals surface area contributed by atoms with Gasteiger partial charge < -0.3 is 10.2 Å². The standard InChI is InChI=1S/C16H24N2O/c1-3-4-13-5-7-14(8-6-13)16(19)17-15-9-11-18(2)12-10-15/h5-8,15H,3-4,9-12H2,1-2H3,(H,17,19). The van der Waals surface area contributed by atoms with Crippen molar-refractivity contribution in [2.45, 2.75) is 38.6 Å². The second kappa shape index (κ2) is 6.71. The highest BCUT2D eigenvalue weighted by molar-refractivity contribution is 5.94. The molecule has 19 heavy (non-hydrogen) atoms. The lowest BCUT2D eigenvalue weighted by atomic mass is 10.0. The summed E-state index contributed by atoms with van der Waals surface area (Å²) in [6.45, 7) is 4.31. The minimum atomic E-state index is 0.0672. The highest BCUT2D eigenvalue weighted by Gasteiger charge is 2.18.